The molecule has 0 spiro atoms. The second-order valence-electron chi connectivity index (χ2n) is 10.6. The highest BCUT2D eigenvalue weighted by atomic mass is 16.5. The van der Waals surface area contributed by atoms with Crippen LogP contribution in [0.4, 0.5) is 5.69 Å². The van der Waals surface area contributed by atoms with E-state index in [1.54, 1.807) is 25.1 Å². The molecule has 1 saturated carbocycles. The smallest absolute Gasteiger partial charge is 0.255 e. The summed E-state index contributed by atoms with van der Waals surface area (Å²) in [5.41, 5.74) is 1.26. The van der Waals surface area contributed by atoms with E-state index in [-0.39, 0.29) is 49.5 Å². The topological polar surface area (TPSA) is 194 Å². The summed E-state index contributed by atoms with van der Waals surface area (Å²) in [5.74, 6) is -6.60. The number of Topliss-reactive ketones (excluding diaryl/α,β-unsaturated/α-hetero) is 2. The third-order valence-corrected chi connectivity index (χ3v) is 7.90. The van der Waals surface area contributed by atoms with Crippen molar-refractivity contribution in [2.24, 2.45) is 17.1 Å². The Kier molecular flexibility index (Phi) is 6.81. The van der Waals surface area contributed by atoms with Crippen LogP contribution in [0, 0.1) is 11.3 Å². The maximum Gasteiger partial charge on any atom is 0.255 e. The van der Waals surface area contributed by atoms with E-state index in [0.717, 1.165) is 0 Å². The summed E-state index contributed by atoms with van der Waals surface area (Å²) in [6.07, 6.45) is -0.0679. The van der Waals surface area contributed by atoms with Gasteiger partial charge in [0.15, 0.2) is 11.4 Å². The van der Waals surface area contributed by atoms with E-state index in [4.69, 9.17) is 10.5 Å². The second kappa shape index (κ2) is 9.38. The summed E-state index contributed by atoms with van der Waals surface area (Å²) in [7, 11) is 6.62. The zero-order valence-electron chi connectivity index (χ0n) is 21.7. The number of phenols is 1. The van der Waals surface area contributed by atoms with Crippen LogP contribution in [-0.2, 0) is 25.5 Å². The number of benzene rings is 1. The Balaban J connectivity index is 2.06. The van der Waals surface area contributed by atoms with Crippen LogP contribution in [0.25, 0.3) is 5.76 Å². The number of carbonyl (C=O) groups excluding carboxylic acids is 3. The number of amides is 1. The molecule has 0 aromatic heterocycles. The van der Waals surface area contributed by atoms with Gasteiger partial charge in [-0.25, -0.2) is 0 Å². The fourth-order valence-corrected chi connectivity index (χ4v) is 6.35. The summed E-state index contributed by atoms with van der Waals surface area (Å²) >= 11 is 0. The number of ketones is 2. The number of rotatable bonds is 7. The molecule has 0 bridgehead atoms. The molecule has 1 fully saturated rings. The SMILES string of the molecule is CN(C)c1ccc(O)c2c1C[C@@]1(COCCO)C[C@H]3[C@H](N(C)C)C(=O)C(C(N)=O)=C(O)[C@@]3(O)C(=O)C1=C2O. The van der Waals surface area contributed by atoms with Crippen molar-refractivity contribution in [1.29, 1.82) is 0 Å². The zero-order valence-corrected chi connectivity index (χ0v) is 21.7. The van der Waals surface area contributed by atoms with Crippen LogP contribution in [0.5, 0.6) is 5.75 Å². The Morgan fingerprint density at radius 2 is 1.82 bits per heavy atom. The molecule has 4 atom stereocenters. The normalized spacial score (nSPS) is 28.8. The molecule has 0 heterocycles. The van der Waals surface area contributed by atoms with Crippen molar-refractivity contribution < 1.29 is 44.7 Å². The highest BCUT2D eigenvalue weighted by Crippen LogP contribution is 2.59. The van der Waals surface area contributed by atoms with Gasteiger partial charge >= 0.3 is 0 Å². The average molecular weight is 532 g/mol. The lowest BCUT2D eigenvalue weighted by Crippen LogP contribution is -2.68. The number of ether oxygens (including phenoxy) is 1. The van der Waals surface area contributed by atoms with Crippen molar-refractivity contribution in [3.63, 3.8) is 0 Å². The summed E-state index contributed by atoms with van der Waals surface area (Å²) < 4.78 is 5.69. The van der Waals surface area contributed by atoms with E-state index in [2.05, 4.69) is 0 Å². The third kappa shape index (κ3) is 3.70. The number of nitrogens with zero attached hydrogens (tertiary/aromatic N) is 2. The molecule has 1 amide bonds. The summed E-state index contributed by atoms with van der Waals surface area (Å²) in [6, 6.07) is 1.81. The quantitative estimate of drug-likeness (QED) is 0.194. The van der Waals surface area contributed by atoms with Gasteiger partial charge in [0, 0.05) is 31.1 Å². The van der Waals surface area contributed by atoms with Crippen molar-refractivity contribution in [3.05, 3.63) is 40.2 Å². The number of phenolic OH excluding ortho intramolecular Hbond substituents is 1. The predicted molar refractivity (Wildman–Crippen MR) is 135 cm³/mol. The molecular formula is C26H33N3O9. The number of fused-ring (bicyclic) bond motifs is 3. The molecule has 12 nitrogen and oxygen atoms in total. The fraction of sp³-hybridized carbons (Fsp3) is 0.500. The van der Waals surface area contributed by atoms with Crippen molar-refractivity contribution in [3.8, 4) is 5.75 Å². The maximum absolute atomic E-state index is 14.2. The van der Waals surface area contributed by atoms with Crippen LogP contribution in [0.3, 0.4) is 0 Å². The van der Waals surface area contributed by atoms with Gasteiger partial charge in [0.2, 0.25) is 5.78 Å². The van der Waals surface area contributed by atoms with Crippen molar-refractivity contribution >= 4 is 28.9 Å². The molecule has 1 aromatic rings. The van der Waals surface area contributed by atoms with Gasteiger partial charge in [0.25, 0.3) is 5.91 Å². The van der Waals surface area contributed by atoms with Crippen LogP contribution in [-0.4, -0.2) is 108 Å². The minimum Gasteiger partial charge on any atom is -0.508 e. The zero-order chi connectivity index (χ0) is 28.3. The molecule has 206 valence electrons. The van der Waals surface area contributed by atoms with Crippen LogP contribution < -0.4 is 10.6 Å². The largest absolute Gasteiger partial charge is 0.508 e. The number of carbonyl (C=O) groups is 3. The number of anilines is 1. The van der Waals surface area contributed by atoms with Crippen LogP contribution >= 0.6 is 0 Å². The van der Waals surface area contributed by atoms with Crippen LogP contribution in [0.15, 0.2) is 29.0 Å². The molecule has 0 unspecified atom stereocenters. The first-order chi connectivity index (χ1) is 17.7. The fourth-order valence-electron chi connectivity index (χ4n) is 6.35. The summed E-state index contributed by atoms with van der Waals surface area (Å²) in [4.78, 5) is 42.9. The van der Waals surface area contributed by atoms with Crippen molar-refractivity contribution in [2.75, 3.05) is 52.9 Å². The number of hydrogen-bond acceptors (Lipinski definition) is 11. The molecule has 4 rings (SSSR count). The summed E-state index contributed by atoms with van der Waals surface area (Å²) in [5, 5.41) is 54.4. The van der Waals surface area contributed by atoms with E-state index >= 15 is 0 Å². The molecule has 7 N–H and O–H groups in total. The Labute approximate surface area is 219 Å². The van der Waals surface area contributed by atoms with E-state index in [1.807, 2.05) is 0 Å². The summed E-state index contributed by atoms with van der Waals surface area (Å²) in [6.45, 7) is -0.582. The van der Waals surface area contributed by atoms with Crippen molar-refractivity contribution in [2.45, 2.75) is 24.5 Å². The number of aromatic hydroxyl groups is 1. The molecule has 0 aliphatic heterocycles. The number of aliphatic hydroxyl groups excluding tert-OH is 3. The molecule has 0 radical (unpaired) electrons. The van der Waals surface area contributed by atoms with Crippen LogP contribution in [0.1, 0.15) is 17.5 Å². The molecule has 0 saturated heterocycles. The first-order valence-corrected chi connectivity index (χ1v) is 12.1. The standard InChI is InChI=1S/C26H33N3O9/c1-28(2)14-5-6-15(31)16-12(14)9-25(11-38-8-7-30)10-13-19(29(3)4)21(33)17(24(27)36)22(34)26(13,37)23(35)18(25)20(16)32/h5-6,13,19,30-32,34,37H,7-11H2,1-4H3,(H2,27,36)/t13-,19-,25-,26+/m0/s1. The Morgan fingerprint density at radius 3 is 2.37 bits per heavy atom. The minimum absolute atomic E-state index is 0.00553. The lowest BCUT2D eigenvalue weighted by Gasteiger charge is -2.54. The number of likely N-dealkylation sites (N-methyl/N-ethyl adjacent to an activating group) is 1. The highest BCUT2D eigenvalue weighted by molar-refractivity contribution is 6.24. The lowest BCUT2D eigenvalue weighted by molar-refractivity contribution is -0.159. The van der Waals surface area contributed by atoms with Gasteiger partial charge in [-0.1, -0.05) is 0 Å². The third-order valence-electron chi connectivity index (χ3n) is 7.90. The molecule has 1 aromatic carbocycles. The maximum atomic E-state index is 14.2. The predicted octanol–water partition coefficient (Wildman–Crippen LogP) is -0.591. The van der Waals surface area contributed by atoms with Gasteiger partial charge in [0.05, 0.1) is 37.0 Å². The van der Waals surface area contributed by atoms with E-state index in [1.165, 1.54) is 25.1 Å². The first-order valence-electron chi connectivity index (χ1n) is 12.1. The van der Waals surface area contributed by atoms with E-state index in [0.29, 0.717) is 11.3 Å². The number of nitrogens with two attached hydrogens (primary N) is 1. The van der Waals surface area contributed by atoms with Gasteiger partial charge in [-0.15, -0.1) is 0 Å². The van der Waals surface area contributed by atoms with Crippen LogP contribution in [0.2, 0.25) is 0 Å². The molecule has 38 heavy (non-hydrogen) atoms. The van der Waals surface area contributed by atoms with Gasteiger partial charge in [0.1, 0.15) is 22.8 Å². The number of aliphatic hydroxyl groups is 4. The van der Waals surface area contributed by atoms with Gasteiger partial charge in [-0.3, -0.25) is 19.3 Å². The lowest BCUT2D eigenvalue weighted by atomic mass is 9.51. The van der Waals surface area contributed by atoms with Gasteiger partial charge < -0.3 is 40.9 Å². The number of hydrogen-bond donors (Lipinski definition) is 6. The highest BCUT2D eigenvalue weighted by Gasteiger charge is 2.67. The molecule has 3 aliphatic rings. The van der Waals surface area contributed by atoms with E-state index in [9.17, 15) is 39.9 Å². The Hall–Kier alpha value is -3.45. The van der Waals surface area contributed by atoms with Crippen molar-refractivity contribution in [1.82, 2.24) is 4.90 Å². The number of primary amides is 1. The second-order valence-corrected chi connectivity index (χ2v) is 10.6. The minimum atomic E-state index is -2.76. The van der Waals surface area contributed by atoms with E-state index < -0.39 is 57.5 Å². The average Bonchev–Trinajstić information content (AvgIpc) is 2.81. The molecular weight excluding hydrogens is 498 g/mol. The Morgan fingerprint density at radius 1 is 1.16 bits per heavy atom. The van der Waals surface area contributed by atoms with Gasteiger partial charge in [-0.05, 0) is 44.6 Å². The Bertz CT molecular complexity index is 1280. The molecule has 12 heteroatoms. The molecule has 3 aliphatic carbocycles. The monoisotopic (exact) mass is 531 g/mol. The van der Waals surface area contributed by atoms with Gasteiger partial charge in [-0.2, -0.15) is 0 Å². The first kappa shape index (κ1) is 27.6.